The van der Waals surface area contributed by atoms with Gasteiger partial charge in [0.15, 0.2) is 5.82 Å². The molecular weight excluding hydrogens is 429 g/mol. The number of ether oxygens (including phenoxy) is 1. The van der Waals surface area contributed by atoms with Crippen LogP contribution in [-0.4, -0.2) is 87.5 Å². The number of alkyl halides is 1. The van der Waals surface area contributed by atoms with Crippen molar-refractivity contribution in [3.05, 3.63) is 42.1 Å². The second-order valence-electron chi connectivity index (χ2n) is 9.20. The second-order valence-corrected chi connectivity index (χ2v) is 9.20. The Hall–Kier alpha value is -3.27. The molecule has 10 heteroatoms. The molecule has 0 bridgehead atoms. The first-order chi connectivity index (χ1) is 15.4. The van der Waals surface area contributed by atoms with Gasteiger partial charge in [-0.2, -0.15) is 5.10 Å². The monoisotopic (exact) mass is 459 g/mol. The first-order valence-corrected chi connectivity index (χ1v) is 10.7. The van der Waals surface area contributed by atoms with Crippen LogP contribution in [0.25, 0.3) is 5.69 Å². The van der Waals surface area contributed by atoms with Gasteiger partial charge >= 0.3 is 6.09 Å². The molecule has 0 radical (unpaired) electrons. The summed E-state index contributed by atoms with van der Waals surface area (Å²) in [6.07, 6.45) is -1.05. The van der Waals surface area contributed by atoms with Crippen LogP contribution in [0, 0.1) is 0 Å². The Morgan fingerprint density at radius 2 is 2.03 bits per heavy atom. The number of hydrogen-bond donors (Lipinski definition) is 1. The predicted molar refractivity (Wildman–Crippen MR) is 122 cm³/mol. The molecule has 3 rings (SSSR count). The maximum Gasteiger partial charge on any atom is 0.410 e. The predicted octanol–water partition coefficient (Wildman–Crippen LogP) is 2.99. The van der Waals surface area contributed by atoms with Gasteiger partial charge in [0.1, 0.15) is 22.9 Å². The summed E-state index contributed by atoms with van der Waals surface area (Å²) in [5.74, 6) is -0.226. The van der Waals surface area contributed by atoms with Gasteiger partial charge < -0.3 is 19.6 Å². The van der Waals surface area contributed by atoms with Crippen LogP contribution >= 0.6 is 0 Å². The number of aliphatic imine (C=N–C) groups is 1. The fourth-order valence-corrected chi connectivity index (χ4v) is 3.70. The first-order valence-electron chi connectivity index (χ1n) is 10.7. The molecule has 0 spiro atoms. The zero-order valence-corrected chi connectivity index (χ0v) is 19.4. The normalized spacial score (nSPS) is 20.9. The van der Waals surface area contributed by atoms with Crippen LogP contribution in [0.2, 0.25) is 0 Å². The van der Waals surface area contributed by atoms with E-state index in [2.05, 4.69) is 16.8 Å². The van der Waals surface area contributed by atoms with Crippen molar-refractivity contribution in [2.24, 2.45) is 4.99 Å². The lowest BCUT2D eigenvalue weighted by molar-refractivity contribution is -0.0944. The van der Waals surface area contributed by atoms with Crippen molar-refractivity contribution < 1.29 is 23.8 Å². The highest BCUT2D eigenvalue weighted by molar-refractivity contribution is 5.98. The SMILES string of the molecule is C=Nc1c(C(=O)N(C)CC2(O)CCN(C(=O)OC(C)(C)C)CC2F)cnn1-c1ccccc1. The number of amides is 2. The molecule has 2 atom stereocenters. The summed E-state index contributed by atoms with van der Waals surface area (Å²) in [6.45, 7) is 8.25. The van der Waals surface area contributed by atoms with Crippen molar-refractivity contribution in [1.29, 1.82) is 0 Å². The quantitative estimate of drug-likeness (QED) is 0.693. The highest BCUT2D eigenvalue weighted by Gasteiger charge is 2.45. The number of rotatable bonds is 5. The van der Waals surface area contributed by atoms with E-state index >= 15 is 0 Å². The van der Waals surface area contributed by atoms with E-state index in [1.54, 1.807) is 20.8 Å². The van der Waals surface area contributed by atoms with Gasteiger partial charge in [0, 0.05) is 13.6 Å². The van der Waals surface area contributed by atoms with Gasteiger partial charge in [-0.15, -0.1) is 0 Å². The first kappa shape index (κ1) is 24.4. The molecule has 1 saturated heterocycles. The number of nitrogens with zero attached hydrogens (tertiary/aromatic N) is 5. The number of benzene rings is 1. The van der Waals surface area contributed by atoms with E-state index in [-0.39, 0.29) is 37.4 Å². The summed E-state index contributed by atoms with van der Waals surface area (Å²) in [4.78, 5) is 31.7. The van der Waals surface area contributed by atoms with Gasteiger partial charge in [-0.1, -0.05) is 18.2 Å². The van der Waals surface area contributed by atoms with E-state index in [0.29, 0.717) is 5.69 Å². The van der Waals surface area contributed by atoms with Gasteiger partial charge in [0.25, 0.3) is 5.91 Å². The fraction of sp³-hybridized carbons (Fsp3) is 0.478. The molecule has 0 aliphatic carbocycles. The van der Waals surface area contributed by atoms with E-state index in [9.17, 15) is 19.1 Å². The highest BCUT2D eigenvalue weighted by Crippen LogP contribution is 2.29. The minimum Gasteiger partial charge on any atom is -0.444 e. The third kappa shape index (κ3) is 5.39. The molecule has 1 aromatic heterocycles. The molecule has 9 nitrogen and oxygen atoms in total. The van der Waals surface area contributed by atoms with Crippen LogP contribution in [0.4, 0.5) is 15.0 Å². The molecule has 1 fully saturated rings. The number of halogens is 1. The zero-order chi connectivity index (χ0) is 24.4. The number of likely N-dealkylation sites (tertiary alicyclic amines) is 1. The summed E-state index contributed by atoms with van der Waals surface area (Å²) in [5, 5.41) is 15.2. The van der Waals surface area contributed by atoms with Crippen molar-refractivity contribution in [3.8, 4) is 5.69 Å². The Morgan fingerprint density at radius 1 is 1.36 bits per heavy atom. The smallest absolute Gasteiger partial charge is 0.410 e. The molecule has 1 N–H and O–H groups in total. The van der Waals surface area contributed by atoms with Gasteiger partial charge in [0.05, 0.1) is 25.0 Å². The van der Waals surface area contributed by atoms with Crippen LogP contribution < -0.4 is 0 Å². The van der Waals surface area contributed by atoms with Crippen molar-refractivity contribution in [2.75, 3.05) is 26.7 Å². The summed E-state index contributed by atoms with van der Waals surface area (Å²) in [6, 6.07) is 9.15. The average molecular weight is 460 g/mol. The van der Waals surface area contributed by atoms with Crippen LogP contribution in [0.5, 0.6) is 0 Å². The minimum absolute atomic E-state index is 0.0408. The average Bonchev–Trinajstić information content (AvgIpc) is 3.18. The van der Waals surface area contributed by atoms with Crippen molar-refractivity contribution in [2.45, 2.75) is 44.6 Å². The molecule has 0 saturated carbocycles. The van der Waals surface area contributed by atoms with Crippen LogP contribution in [0.1, 0.15) is 37.6 Å². The molecule has 2 amide bonds. The second kappa shape index (κ2) is 9.30. The topological polar surface area (TPSA) is 100 Å². The molecule has 178 valence electrons. The van der Waals surface area contributed by atoms with Crippen LogP contribution in [0.3, 0.4) is 0 Å². The Balaban J connectivity index is 1.71. The van der Waals surface area contributed by atoms with Crippen molar-refractivity contribution in [3.63, 3.8) is 0 Å². The maximum absolute atomic E-state index is 15.0. The number of carbonyl (C=O) groups is 2. The maximum atomic E-state index is 15.0. The third-order valence-electron chi connectivity index (χ3n) is 5.41. The third-order valence-corrected chi connectivity index (χ3v) is 5.41. The lowest BCUT2D eigenvalue weighted by Crippen LogP contribution is -2.60. The molecule has 2 heterocycles. The number of carbonyl (C=O) groups excluding carboxylic acids is 2. The fourth-order valence-electron chi connectivity index (χ4n) is 3.70. The molecular formula is C23H30FN5O4. The van der Waals surface area contributed by atoms with Gasteiger partial charge in [-0.25, -0.2) is 18.9 Å². The van der Waals surface area contributed by atoms with Crippen LogP contribution in [-0.2, 0) is 4.74 Å². The number of aliphatic hydroxyl groups is 1. The molecule has 1 aliphatic heterocycles. The van der Waals surface area contributed by atoms with E-state index < -0.39 is 29.4 Å². The Kier molecular flexibility index (Phi) is 6.87. The van der Waals surface area contributed by atoms with E-state index in [4.69, 9.17) is 4.74 Å². The molecule has 33 heavy (non-hydrogen) atoms. The Bertz CT molecular complexity index is 1020. The van der Waals surface area contributed by atoms with Crippen LogP contribution in [0.15, 0.2) is 41.5 Å². The molecule has 1 aliphatic rings. The van der Waals surface area contributed by atoms with Crippen molar-refractivity contribution >= 4 is 24.5 Å². The van der Waals surface area contributed by atoms with E-state index in [0.717, 1.165) is 0 Å². The number of likely N-dealkylation sites (N-methyl/N-ethyl adjacent to an activating group) is 1. The van der Waals surface area contributed by atoms with Crippen molar-refractivity contribution in [1.82, 2.24) is 19.6 Å². The summed E-state index contributed by atoms with van der Waals surface area (Å²) < 4.78 is 21.8. The van der Waals surface area contributed by atoms with Gasteiger partial charge in [-0.05, 0) is 46.0 Å². The van der Waals surface area contributed by atoms with Gasteiger partial charge in [0.2, 0.25) is 0 Å². The largest absolute Gasteiger partial charge is 0.444 e. The summed E-state index contributed by atoms with van der Waals surface area (Å²) >= 11 is 0. The number of para-hydroxylation sites is 1. The minimum atomic E-state index is -1.81. The lowest BCUT2D eigenvalue weighted by Gasteiger charge is -2.42. The summed E-state index contributed by atoms with van der Waals surface area (Å²) in [7, 11) is 1.47. The molecule has 2 unspecified atom stereocenters. The number of piperidine rings is 1. The van der Waals surface area contributed by atoms with E-state index in [1.807, 2.05) is 30.3 Å². The van der Waals surface area contributed by atoms with Gasteiger partial charge in [-0.3, -0.25) is 4.79 Å². The molecule has 2 aromatic rings. The zero-order valence-electron chi connectivity index (χ0n) is 19.4. The number of hydrogen-bond acceptors (Lipinski definition) is 6. The summed E-state index contributed by atoms with van der Waals surface area (Å²) in [5.41, 5.74) is -1.62. The van der Waals surface area contributed by atoms with E-state index in [1.165, 1.54) is 27.7 Å². The standard InChI is InChI=1S/C23H30FN5O4/c1-22(2,3)33-21(31)28-12-11-23(32,18(24)14-28)15-27(5)20(30)17-13-26-29(19(17)25-4)16-9-7-6-8-10-16/h6-10,13,18,32H,4,11-12,14-15H2,1-3,5H3. The molecule has 1 aromatic carbocycles. The Morgan fingerprint density at radius 3 is 2.61 bits per heavy atom. The number of aromatic nitrogens is 2. The Labute approximate surface area is 192 Å². The lowest BCUT2D eigenvalue weighted by atomic mass is 9.89. The highest BCUT2D eigenvalue weighted by atomic mass is 19.1.